The average Bonchev–Trinajstić information content (AvgIpc) is 2.42. The van der Waals surface area contributed by atoms with Gasteiger partial charge < -0.3 is 9.84 Å². The van der Waals surface area contributed by atoms with Crippen molar-refractivity contribution in [3.05, 3.63) is 59.7 Å². The number of carbonyl (C=O) groups excluding carboxylic acids is 1. The molecule has 3 heteroatoms. The van der Waals surface area contributed by atoms with Gasteiger partial charge in [-0.05, 0) is 23.8 Å². The van der Waals surface area contributed by atoms with Gasteiger partial charge in [-0.3, -0.25) is 4.79 Å². The Bertz CT molecular complexity index is 558. The highest BCUT2D eigenvalue weighted by Gasteiger charge is 2.09. The highest BCUT2D eigenvalue weighted by molar-refractivity contribution is 5.83. The summed E-state index contributed by atoms with van der Waals surface area (Å²) < 4.78 is 5.23. The molecule has 0 aliphatic carbocycles. The summed E-state index contributed by atoms with van der Waals surface area (Å²) in [6.07, 6.45) is 0.712. The quantitative estimate of drug-likeness (QED) is 0.894. The number of ketones is 1. The van der Waals surface area contributed by atoms with Crippen molar-refractivity contribution in [3.8, 4) is 11.5 Å². The third-order valence-corrected chi connectivity index (χ3v) is 2.92. The van der Waals surface area contributed by atoms with E-state index in [-0.39, 0.29) is 11.5 Å². The molecule has 2 aromatic rings. The number of carbonyl (C=O) groups is 1. The monoisotopic (exact) mass is 256 g/mol. The molecule has 0 fully saturated rings. The van der Waals surface area contributed by atoms with Gasteiger partial charge in [0.2, 0.25) is 0 Å². The van der Waals surface area contributed by atoms with Crippen LogP contribution in [0.25, 0.3) is 0 Å². The molecule has 0 atom stereocenters. The van der Waals surface area contributed by atoms with E-state index in [0.717, 1.165) is 16.9 Å². The molecule has 2 rings (SSSR count). The van der Waals surface area contributed by atoms with Crippen molar-refractivity contribution in [2.24, 2.45) is 0 Å². The molecule has 0 heterocycles. The minimum atomic E-state index is 0.121. The Morgan fingerprint density at radius 1 is 1.05 bits per heavy atom. The van der Waals surface area contributed by atoms with Crippen molar-refractivity contribution in [2.45, 2.75) is 12.8 Å². The summed E-state index contributed by atoms with van der Waals surface area (Å²) in [5.41, 5.74) is 1.80. The van der Waals surface area contributed by atoms with E-state index in [1.54, 1.807) is 31.4 Å². The topological polar surface area (TPSA) is 46.5 Å². The van der Waals surface area contributed by atoms with E-state index >= 15 is 0 Å². The van der Waals surface area contributed by atoms with Gasteiger partial charge >= 0.3 is 0 Å². The lowest BCUT2D eigenvalue weighted by atomic mass is 10.0. The number of rotatable bonds is 5. The number of phenols is 1. The molecule has 0 saturated carbocycles. The summed E-state index contributed by atoms with van der Waals surface area (Å²) in [6, 6.07) is 14.2. The third-order valence-electron chi connectivity index (χ3n) is 2.92. The number of benzene rings is 2. The predicted octanol–water partition coefficient (Wildman–Crippen LogP) is 2.76. The molecule has 0 amide bonds. The normalized spacial score (nSPS) is 10.2. The lowest BCUT2D eigenvalue weighted by Gasteiger charge is -2.07. The van der Waals surface area contributed by atoms with E-state index in [1.165, 1.54) is 0 Å². The van der Waals surface area contributed by atoms with Crippen LogP contribution in [0.15, 0.2) is 48.5 Å². The summed E-state index contributed by atoms with van der Waals surface area (Å²) >= 11 is 0. The van der Waals surface area contributed by atoms with Gasteiger partial charge in [0.25, 0.3) is 0 Å². The molecule has 0 saturated heterocycles. The second kappa shape index (κ2) is 6.05. The zero-order valence-corrected chi connectivity index (χ0v) is 10.8. The molecular formula is C16H16O3. The van der Waals surface area contributed by atoms with Crippen molar-refractivity contribution in [2.75, 3.05) is 7.11 Å². The Hall–Kier alpha value is -2.29. The van der Waals surface area contributed by atoms with Crippen molar-refractivity contribution in [3.63, 3.8) is 0 Å². The van der Waals surface area contributed by atoms with Crippen LogP contribution in [0.3, 0.4) is 0 Å². The van der Waals surface area contributed by atoms with E-state index in [2.05, 4.69) is 0 Å². The van der Waals surface area contributed by atoms with Crippen molar-refractivity contribution < 1.29 is 14.6 Å². The van der Waals surface area contributed by atoms with Crippen LogP contribution in [0.4, 0.5) is 0 Å². The maximum absolute atomic E-state index is 12.0. The number of ether oxygens (including phenoxy) is 1. The molecule has 0 radical (unpaired) electrons. The number of aromatic hydroxyl groups is 1. The highest BCUT2D eigenvalue weighted by Crippen LogP contribution is 2.19. The van der Waals surface area contributed by atoms with Crippen LogP contribution in [0.1, 0.15) is 11.1 Å². The molecule has 0 bridgehead atoms. The van der Waals surface area contributed by atoms with E-state index in [9.17, 15) is 9.90 Å². The van der Waals surface area contributed by atoms with Crippen molar-refractivity contribution in [1.29, 1.82) is 0 Å². The number of methoxy groups -OCH3 is 1. The first-order valence-corrected chi connectivity index (χ1v) is 6.10. The fraction of sp³-hybridized carbons (Fsp3) is 0.188. The predicted molar refractivity (Wildman–Crippen MR) is 73.5 cm³/mol. The Morgan fingerprint density at radius 2 is 1.74 bits per heavy atom. The molecule has 0 aromatic heterocycles. The summed E-state index contributed by atoms with van der Waals surface area (Å²) in [4.78, 5) is 12.0. The van der Waals surface area contributed by atoms with Gasteiger partial charge in [-0.2, -0.15) is 0 Å². The number of phenolic OH excluding ortho intramolecular Hbond substituents is 1. The van der Waals surface area contributed by atoms with Gasteiger partial charge in [0.05, 0.1) is 7.11 Å². The summed E-state index contributed by atoms with van der Waals surface area (Å²) in [5.74, 6) is 1.07. The zero-order valence-electron chi connectivity index (χ0n) is 10.8. The van der Waals surface area contributed by atoms with Gasteiger partial charge in [-0.15, -0.1) is 0 Å². The van der Waals surface area contributed by atoms with Gasteiger partial charge in [0.15, 0.2) is 0 Å². The van der Waals surface area contributed by atoms with Gasteiger partial charge in [0.1, 0.15) is 17.3 Å². The first kappa shape index (κ1) is 13.1. The molecule has 3 nitrogen and oxygen atoms in total. The maximum Gasteiger partial charge on any atom is 0.141 e. The van der Waals surface area contributed by atoms with E-state index in [0.29, 0.717) is 12.8 Å². The van der Waals surface area contributed by atoms with E-state index in [4.69, 9.17) is 4.74 Å². The second-order valence-electron chi connectivity index (χ2n) is 4.37. The zero-order chi connectivity index (χ0) is 13.7. The smallest absolute Gasteiger partial charge is 0.141 e. The number of para-hydroxylation sites is 1. The van der Waals surface area contributed by atoms with Gasteiger partial charge in [0, 0.05) is 18.4 Å². The summed E-state index contributed by atoms with van der Waals surface area (Å²) in [6.45, 7) is 0. The Balaban J connectivity index is 2.03. The minimum absolute atomic E-state index is 0.121. The van der Waals surface area contributed by atoms with Crippen LogP contribution in [0.5, 0.6) is 11.5 Å². The Kier molecular flexibility index (Phi) is 4.18. The van der Waals surface area contributed by atoms with Gasteiger partial charge in [-0.25, -0.2) is 0 Å². The standard InChI is InChI=1S/C16H16O3/c1-19-16-5-3-2-4-13(16)11-15(18)10-12-6-8-14(17)9-7-12/h2-9,17H,10-11H2,1H3. The van der Waals surface area contributed by atoms with Crippen molar-refractivity contribution >= 4 is 5.78 Å². The van der Waals surface area contributed by atoms with E-state index in [1.807, 2.05) is 24.3 Å². The number of hydrogen-bond acceptors (Lipinski definition) is 3. The first-order valence-electron chi connectivity index (χ1n) is 6.10. The van der Waals surface area contributed by atoms with Crippen LogP contribution < -0.4 is 4.74 Å². The van der Waals surface area contributed by atoms with Gasteiger partial charge in [-0.1, -0.05) is 30.3 Å². The van der Waals surface area contributed by atoms with Crippen LogP contribution in [-0.4, -0.2) is 18.0 Å². The molecule has 0 aliphatic rings. The summed E-state index contributed by atoms with van der Waals surface area (Å²) in [5, 5.41) is 9.19. The third kappa shape index (κ3) is 3.58. The van der Waals surface area contributed by atoms with Crippen LogP contribution >= 0.6 is 0 Å². The fourth-order valence-corrected chi connectivity index (χ4v) is 1.97. The van der Waals surface area contributed by atoms with Crippen LogP contribution in [-0.2, 0) is 17.6 Å². The second-order valence-corrected chi connectivity index (χ2v) is 4.37. The molecule has 1 N–H and O–H groups in total. The fourth-order valence-electron chi connectivity index (χ4n) is 1.97. The molecule has 2 aromatic carbocycles. The SMILES string of the molecule is COc1ccccc1CC(=O)Cc1ccc(O)cc1. The number of Topliss-reactive ketones (excluding diaryl/α,β-unsaturated/α-hetero) is 1. The first-order chi connectivity index (χ1) is 9.19. The summed E-state index contributed by atoms with van der Waals surface area (Å²) in [7, 11) is 1.60. The lowest BCUT2D eigenvalue weighted by Crippen LogP contribution is -2.07. The highest BCUT2D eigenvalue weighted by atomic mass is 16.5. The largest absolute Gasteiger partial charge is 0.508 e. The van der Waals surface area contributed by atoms with Crippen molar-refractivity contribution in [1.82, 2.24) is 0 Å². The molecule has 98 valence electrons. The lowest BCUT2D eigenvalue weighted by molar-refractivity contribution is -0.117. The molecular weight excluding hydrogens is 240 g/mol. The molecule has 0 unspecified atom stereocenters. The maximum atomic E-state index is 12.0. The van der Waals surface area contributed by atoms with Crippen LogP contribution in [0, 0.1) is 0 Å². The average molecular weight is 256 g/mol. The van der Waals surface area contributed by atoms with Crippen LogP contribution in [0.2, 0.25) is 0 Å². The molecule has 0 aliphatic heterocycles. The number of hydrogen-bond donors (Lipinski definition) is 1. The Labute approximate surface area is 112 Å². The van der Waals surface area contributed by atoms with E-state index < -0.39 is 0 Å². The Morgan fingerprint density at radius 3 is 2.42 bits per heavy atom. The molecule has 19 heavy (non-hydrogen) atoms. The minimum Gasteiger partial charge on any atom is -0.508 e. The molecule has 0 spiro atoms.